The lowest BCUT2D eigenvalue weighted by Crippen LogP contribution is -2.36. The van der Waals surface area contributed by atoms with Gasteiger partial charge in [0.2, 0.25) is 5.91 Å². The van der Waals surface area contributed by atoms with Gasteiger partial charge >= 0.3 is 5.97 Å². The van der Waals surface area contributed by atoms with E-state index in [9.17, 15) is 14.4 Å². The molecule has 0 bridgehead atoms. The average molecular weight is 280 g/mol. The first-order valence-electron chi connectivity index (χ1n) is 5.88. The van der Waals surface area contributed by atoms with Crippen molar-refractivity contribution in [2.75, 3.05) is 19.8 Å². The van der Waals surface area contributed by atoms with Crippen molar-refractivity contribution >= 4 is 17.8 Å². The van der Waals surface area contributed by atoms with E-state index in [2.05, 4.69) is 10.1 Å². The molecule has 0 saturated heterocycles. The summed E-state index contributed by atoms with van der Waals surface area (Å²) in [6, 6.07) is 7.20. The van der Waals surface area contributed by atoms with Gasteiger partial charge in [-0.25, -0.2) is 4.79 Å². The van der Waals surface area contributed by atoms with Gasteiger partial charge in [-0.15, -0.1) is 0 Å². The molecule has 0 aliphatic carbocycles. The minimum atomic E-state index is -0.678. The normalized spacial score (nSPS) is 9.65. The van der Waals surface area contributed by atoms with Crippen molar-refractivity contribution in [3.8, 4) is 5.75 Å². The predicted molar refractivity (Wildman–Crippen MR) is 69.8 cm³/mol. The van der Waals surface area contributed by atoms with Crippen molar-refractivity contribution in [3.63, 3.8) is 0 Å². The molecule has 108 valence electrons. The van der Waals surface area contributed by atoms with Gasteiger partial charge < -0.3 is 20.5 Å². The van der Waals surface area contributed by atoms with Crippen molar-refractivity contribution in [3.05, 3.63) is 29.8 Å². The first kappa shape index (κ1) is 15.5. The Bertz CT molecular complexity index is 501. The first-order valence-corrected chi connectivity index (χ1v) is 5.88. The SMILES string of the molecule is Cc1ccccc1OCC(=O)OCC(=O)NCC(N)=O. The van der Waals surface area contributed by atoms with Gasteiger partial charge in [0.05, 0.1) is 6.54 Å². The molecule has 0 fully saturated rings. The van der Waals surface area contributed by atoms with E-state index in [4.69, 9.17) is 10.5 Å². The molecule has 3 N–H and O–H groups in total. The quantitative estimate of drug-likeness (QED) is 0.656. The zero-order valence-corrected chi connectivity index (χ0v) is 11.0. The van der Waals surface area contributed by atoms with E-state index < -0.39 is 24.4 Å². The van der Waals surface area contributed by atoms with Crippen molar-refractivity contribution in [2.45, 2.75) is 6.92 Å². The zero-order valence-electron chi connectivity index (χ0n) is 11.0. The minimum absolute atomic E-state index is 0.296. The predicted octanol–water partition coefficient (Wildman–Crippen LogP) is -0.481. The van der Waals surface area contributed by atoms with E-state index in [0.717, 1.165) is 5.56 Å². The maximum absolute atomic E-state index is 11.4. The molecule has 0 atom stereocenters. The second-order valence-corrected chi connectivity index (χ2v) is 3.96. The van der Waals surface area contributed by atoms with Crippen LogP contribution in [0.25, 0.3) is 0 Å². The number of esters is 1. The smallest absolute Gasteiger partial charge is 0.344 e. The maximum atomic E-state index is 11.4. The molecule has 1 aromatic carbocycles. The fourth-order valence-corrected chi connectivity index (χ4v) is 1.28. The van der Waals surface area contributed by atoms with Gasteiger partial charge in [-0.2, -0.15) is 0 Å². The summed E-state index contributed by atoms with van der Waals surface area (Å²) >= 11 is 0. The molecule has 7 nitrogen and oxygen atoms in total. The Kier molecular flexibility index (Phi) is 6.02. The van der Waals surface area contributed by atoms with E-state index >= 15 is 0 Å². The zero-order chi connectivity index (χ0) is 15.0. The molecule has 0 spiro atoms. The molecule has 2 amide bonds. The number of rotatable bonds is 7. The van der Waals surface area contributed by atoms with Crippen molar-refractivity contribution in [2.24, 2.45) is 5.73 Å². The lowest BCUT2D eigenvalue weighted by Gasteiger charge is -2.08. The van der Waals surface area contributed by atoms with Gasteiger partial charge in [-0.1, -0.05) is 18.2 Å². The molecule has 1 rings (SSSR count). The van der Waals surface area contributed by atoms with E-state index in [1.54, 1.807) is 12.1 Å². The molecule has 0 aliphatic rings. The van der Waals surface area contributed by atoms with Crippen LogP contribution in [-0.2, 0) is 19.1 Å². The Hall–Kier alpha value is -2.57. The van der Waals surface area contributed by atoms with Crippen molar-refractivity contribution in [1.82, 2.24) is 5.32 Å². The molecule has 0 unspecified atom stereocenters. The molecule has 0 aliphatic heterocycles. The Balaban J connectivity index is 2.25. The number of primary amides is 1. The number of nitrogens with two attached hydrogens (primary N) is 1. The summed E-state index contributed by atoms with van der Waals surface area (Å²) in [6.07, 6.45) is 0. The monoisotopic (exact) mass is 280 g/mol. The van der Waals surface area contributed by atoms with Crippen LogP contribution in [0.4, 0.5) is 0 Å². The van der Waals surface area contributed by atoms with Crippen LogP contribution in [0.1, 0.15) is 5.56 Å². The van der Waals surface area contributed by atoms with E-state index in [-0.39, 0.29) is 13.2 Å². The number of para-hydroxylation sites is 1. The molecule has 7 heteroatoms. The number of benzene rings is 1. The van der Waals surface area contributed by atoms with Gasteiger partial charge in [0.25, 0.3) is 5.91 Å². The Morgan fingerprint density at radius 2 is 1.90 bits per heavy atom. The van der Waals surface area contributed by atoms with Gasteiger partial charge in [0.1, 0.15) is 5.75 Å². The number of carbonyl (C=O) groups excluding carboxylic acids is 3. The number of ether oxygens (including phenoxy) is 2. The van der Waals surface area contributed by atoms with E-state index in [1.807, 2.05) is 19.1 Å². The second-order valence-electron chi connectivity index (χ2n) is 3.96. The third-order valence-corrected chi connectivity index (χ3v) is 2.26. The lowest BCUT2D eigenvalue weighted by molar-refractivity contribution is -0.150. The fourth-order valence-electron chi connectivity index (χ4n) is 1.28. The number of nitrogens with one attached hydrogen (secondary N) is 1. The highest BCUT2D eigenvalue weighted by Gasteiger charge is 2.09. The number of amides is 2. The minimum Gasteiger partial charge on any atom is -0.482 e. The van der Waals surface area contributed by atoms with Crippen LogP contribution in [-0.4, -0.2) is 37.5 Å². The van der Waals surface area contributed by atoms with Crippen LogP contribution in [0.15, 0.2) is 24.3 Å². The van der Waals surface area contributed by atoms with Crippen LogP contribution in [0.2, 0.25) is 0 Å². The van der Waals surface area contributed by atoms with Crippen LogP contribution in [0.3, 0.4) is 0 Å². The number of aryl methyl sites for hydroxylation is 1. The Morgan fingerprint density at radius 3 is 2.55 bits per heavy atom. The highest BCUT2D eigenvalue weighted by molar-refractivity contribution is 5.85. The summed E-state index contributed by atoms with van der Waals surface area (Å²) in [6.45, 7) is 0.769. The summed E-state index contributed by atoms with van der Waals surface area (Å²) in [5, 5.41) is 2.19. The molecule has 20 heavy (non-hydrogen) atoms. The topological polar surface area (TPSA) is 108 Å². The highest BCUT2D eigenvalue weighted by Crippen LogP contribution is 2.15. The average Bonchev–Trinajstić information content (AvgIpc) is 2.42. The largest absolute Gasteiger partial charge is 0.482 e. The Morgan fingerprint density at radius 1 is 1.20 bits per heavy atom. The maximum Gasteiger partial charge on any atom is 0.344 e. The number of hydrogen-bond acceptors (Lipinski definition) is 5. The highest BCUT2D eigenvalue weighted by atomic mass is 16.6. The van der Waals surface area contributed by atoms with E-state index in [1.165, 1.54) is 0 Å². The summed E-state index contributed by atoms with van der Waals surface area (Å²) in [7, 11) is 0. The number of hydrogen-bond donors (Lipinski definition) is 2. The summed E-state index contributed by atoms with van der Waals surface area (Å²) in [4.78, 5) is 32.9. The fraction of sp³-hybridized carbons (Fsp3) is 0.308. The molecule has 0 saturated carbocycles. The van der Waals surface area contributed by atoms with Gasteiger partial charge in [0.15, 0.2) is 13.2 Å². The molecule has 0 aromatic heterocycles. The van der Waals surface area contributed by atoms with Crippen LogP contribution < -0.4 is 15.8 Å². The summed E-state index contributed by atoms with van der Waals surface area (Å²) in [5.41, 5.74) is 5.73. The third kappa shape index (κ3) is 5.85. The second kappa shape index (κ2) is 7.78. The molecule has 0 radical (unpaired) electrons. The standard InChI is InChI=1S/C13H16N2O5/c1-9-4-2-3-5-10(9)19-8-13(18)20-7-12(17)15-6-11(14)16/h2-5H,6-8H2,1H3,(H2,14,16)(H,15,17). The van der Waals surface area contributed by atoms with Crippen LogP contribution in [0, 0.1) is 6.92 Å². The van der Waals surface area contributed by atoms with E-state index in [0.29, 0.717) is 5.75 Å². The molecule has 0 heterocycles. The molecule has 1 aromatic rings. The van der Waals surface area contributed by atoms with Crippen LogP contribution >= 0.6 is 0 Å². The van der Waals surface area contributed by atoms with Crippen molar-refractivity contribution < 1.29 is 23.9 Å². The van der Waals surface area contributed by atoms with Gasteiger partial charge in [-0.3, -0.25) is 9.59 Å². The lowest BCUT2D eigenvalue weighted by atomic mass is 10.2. The Labute approximate surface area is 116 Å². The third-order valence-electron chi connectivity index (χ3n) is 2.26. The first-order chi connectivity index (χ1) is 9.49. The molecular weight excluding hydrogens is 264 g/mol. The van der Waals surface area contributed by atoms with Crippen LogP contribution in [0.5, 0.6) is 5.75 Å². The van der Waals surface area contributed by atoms with Gasteiger partial charge in [-0.05, 0) is 18.6 Å². The van der Waals surface area contributed by atoms with Crippen molar-refractivity contribution in [1.29, 1.82) is 0 Å². The molecular formula is C13H16N2O5. The summed E-state index contributed by atoms with van der Waals surface area (Å²) in [5.74, 6) is -1.38. The number of carbonyl (C=O) groups is 3. The van der Waals surface area contributed by atoms with Gasteiger partial charge in [0, 0.05) is 0 Å². The summed E-state index contributed by atoms with van der Waals surface area (Å²) < 4.78 is 9.92.